The molecule has 0 aliphatic heterocycles. The summed E-state index contributed by atoms with van der Waals surface area (Å²) in [5, 5.41) is 10.8. The summed E-state index contributed by atoms with van der Waals surface area (Å²) in [6, 6.07) is 6.01. The van der Waals surface area contributed by atoms with E-state index in [9.17, 15) is 9.32 Å². The van der Waals surface area contributed by atoms with Gasteiger partial charge in [-0.25, -0.2) is 4.21 Å². The molecule has 16 heavy (non-hydrogen) atoms. The molecule has 0 fully saturated rings. The Hall–Kier alpha value is -1.24. The van der Waals surface area contributed by atoms with E-state index in [1.54, 1.807) is 12.1 Å². The van der Waals surface area contributed by atoms with Gasteiger partial charge in [-0.05, 0) is 29.7 Å². The quantitative estimate of drug-likeness (QED) is 0.357. The van der Waals surface area contributed by atoms with Crippen molar-refractivity contribution in [2.75, 3.05) is 5.73 Å². The van der Waals surface area contributed by atoms with E-state index in [1.165, 1.54) is 12.1 Å². The average molecular weight is 255 g/mol. The summed E-state index contributed by atoms with van der Waals surface area (Å²) in [5.74, 6) is -0.110. The maximum Gasteiger partial charge on any atom is 0.186 e. The van der Waals surface area contributed by atoms with Crippen LogP contribution in [0, 0.1) is 0 Å². The molecule has 0 aliphatic carbocycles. The van der Waals surface area contributed by atoms with Gasteiger partial charge >= 0.3 is 0 Å². The number of phenolic OH excluding ortho intramolecular Hbond substituents is 1. The second-order valence-electron chi connectivity index (χ2n) is 3.32. The number of aromatic hydroxyl groups is 1. The predicted octanol–water partition coefficient (Wildman–Crippen LogP) is 2.00. The van der Waals surface area contributed by atoms with E-state index < -0.39 is 11.1 Å². The Labute approximate surface area is 99.8 Å². The minimum absolute atomic E-state index is 0.110. The largest absolute Gasteiger partial charge is 0.507 e. The fraction of sp³-hybridized carbons (Fsp3) is 0. The number of hydrogen-bond donors (Lipinski definition) is 4. The number of nitrogen functional groups attached to an aromatic ring is 1. The summed E-state index contributed by atoms with van der Waals surface area (Å²) >= 11 is 2.02. The summed E-state index contributed by atoms with van der Waals surface area (Å²) < 4.78 is 19.9. The normalized spacial score (nSPS) is 12.9. The smallest absolute Gasteiger partial charge is 0.186 e. The lowest BCUT2D eigenvalue weighted by Crippen LogP contribution is -1.92. The highest BCUT2D eigenvalue weighted by Gasteiger charge is 2.10. The van der Waals surface area contributed by atoms with Crippen LogP contribution in [0.25, 0.3) is 10.8 Å². The van der Waals surface area contributed by atoms with Gasteiger partial charge in [-0.1, -0.05) is 0 Å². The van der Waals surface area contributed by atoms with Crippen LogP contribution in [0.2, 0.25) is 0 Å². The van der Waals surface area contributed by atoms with Crippen LogP contribution in [0.1, 0.15) is 0 Å². The SMILES string of the molecule is Nc1cc(S)cc2cc(S(=O)O)cc(O)c12. The van der Waals surface area contributed by atoms with E-state index in [1.807, 2.05) is 0 Å². The van der Waals surface area contributed by atoms with Crippen LogP contribution >= 0.6 is 12.6 Å². The Bertz CT molecular complexity index is 598. The molecule has 0 radical (unpaired) electrons. The monoisotopic (exact) mass is 255 g/mol. The van der Waals surface area contributed by atoms with Crippen LogP contribution in [0.15, 0.2) is 34.1 Å². The van der Waals surface area contributed by atoms with Crippen molar-refractivity contribution in [3.8, 4) is 5.75 Å². The van der Waals surface area contributed by atoms with Gasteiger partial charge in [0.1, 0.15) is 5.75 Å². The number of rotatable bonds is 1. The Kier molecular flexibility index (Phi) is 2.79. The maximum atomic E-state index is 10.9. The topological polar surface area (TPSA) is 83.6 Å². The molecule has 0 saturated carbocycles. The lowest BCUT2D eigenvalue weighted by molar-refractivity contribution is 0.479. The molecule has 6 heteroatoms. The molecule has 0 bridgehead atoms. The molecule has 2 aromatic rings. The summed E-state index contributed by atoms with van der Waals surface area (Å²) in [5.41, 5.74) is 6.12. The van der Waals surface area contributed by atoms with Crippen molar-refractivity contribution in [2.45, 2.75) is 9.79 Å². The van der Waals surface area contributed by atoms with Gasteiger partial charge in [-0.2, -0.15) is 0 Å². The van der Waals surface area contributed by atoms with Crippen LogP contribution in [0.4, 0.5) is 5.69 Å². The van der Waals surface area contributed by atoms with Crippen LogP contribution in [-0.4, -0.2) is 13.9 Å². The summed E-state index contributed by atoms with van der Waals surface area (Å²) in [4.78, 5) is 0.758. The van der Waals surface area contributed by atoms with Crippen LogP contribution in [0.5, 0.6) is 5.75 Å². The molecule has 2 rings (SSSR count). The molecule has 0 amide bonds. The van der Waals surface area contributed by atoms with Gasteiger partial charge in [0.2, 0.25) is 0 Å². The molecule has 0 heterocycles. The molecular formula is C10H9NO3S2. The third kappa shape index (κ3) is 1.87. The molecule has 0 aliphatic rings. The molecule has 84 valence electrons. The van der Waals surface area contributed by atoms with Crippen molar-refractivity contribution in [1.29, 1.82) is 0 Å². The van der Waals surface area contributed by atoms with E-state index in [0.29, 0.717) is 21.4 Å². The number of thiol groups is 1. The van der Waals surface area contributed by atoms with E-state index >= 15 is 0 Å². The molecule has 4 nitrogen and oxygen atoms in total. The molecule has 1 unspecified atom stereocenters. The van der Waals surface area contributed by atoms with Gasteiger partial charge in [0, 0.05) is 16.0 Å². The fourth-order valence-electron chi connectivity index (χ4n) is 1.58. The molecule has 1 atom stereocenters. The van der Waals surface area contributed by atoms with Gasteiger partial charge in [-0.15, -0.1) is 12.6 Å². The highest BCUT2D eigenvalue weighted by molar-refractivity contribution is 7.80. The molecule has 0 spiro atoms. The Morgan fingerprint density at radius 2 is 1.94 bits per heavy atom. The zero-order valence-corrected chi connectivity index (χ0v) is 9.76. The van der Waals surface area contributed by atoms with Crippen molar-refractivity contribution in [3.05, 3.63) is 24.3 Å². The predicted molar refractivity (Wildman–Crippen MR) is 66.3 cm³/mol. The first kappa shape index (κ1) is 11.3. The number of phenols is 1. The third-order valence-corrected chi connectivity index (χ3v) is 3.12. The van der Waals surface area contributed by atoms with Crippen molar-refractivity contribution < 1.29 is 13.9 Å². The van der Waals surface area contributed by atoms with Crippen molar-refractivity contribution in [2.24, 2.45) is 0 Å². The number of nitrogens with two attached hydrogens (primary N) is 1. The molecular weight excluding hydrogens is 246 g/mol. The van der Waals surface area contributed by atoms with Gasteiger partial charge in [0.15, 0.2) is 11.1 Å². The Balaban J connectivity index is 2.87. The van der Waals surface area contributed by atoms with E-state index in [-0.39, 0.29) is 10.6 Å². The van der Waals surface area contributed by atoms with Crippen molar-refractivity contribution in [3.63, 3.8) is 0 Å². The lowest BCUT2D eigenvalue weighted by atomic mass is 10.1. The van der Waals surface area contributed by atoms with Crippen LogP contribution in [0.3, 0.4) is 0 Å². The zero-order chi connectivity index (χ0) is 11.9. The first-order chi connectivity index (χ1) is 7.49. The number of hydrogen-bond acceptors (Lipinski definition) is 4. The molecule has 0 aromatic heterocycles. The minimum Gasteiger partial charge on any atom is -0.507 e. The second kappa shape index (κ2) is 3.97. The number of anilines is 1. The number of benzene rings is 2. The standard InChI is InChI=1S/C10H9NO3S2/c11-8-3-6(15)1-5-2-7(16(13)14)4-9(12)10(5)8/h1-4,12,15H,11H2,(H,13,14). The van der Waals surface area contributed by atoms with Crippen LogP contribution in [-0.2, 0) is 11.1 Å². The maximum absolute atomic E-state index is 10.9. The van der Waals surface area contributed by atoms with Crippen molar-refractivity contribution in [1.82, 2.24) is 0 Å². The first-order valence-electron chi connectivity index (χ1n) is 4.35. The van der Waals surface area contributed by atoms with Crippen LogP contribution < -0.4 is 5.73 Å². The first-order valence-corrected chi connectivity index (χ1v) is 5.90. The minimum atomic E-state index is -2.13. The summed E-state index contributed by atoms with van der Waals surface area (Å²) in [7, 11) is 0. The molecule has 2 aromatic carbocycles. The van der Waals surface area contributed by atoms with E-state index in [2.05, 4.69) is 12.6 Å². The number of fused-ring (bicyclic) bond motifs is 1. The average Bonchev–Trinajstić information content (AvgIpc) is 2.15. The van der Waals surface area contributed by atoms with Gasteiger partial charge in [-0.3, -0.25) is 0 Å². The van der Waals surface area contributed by atoms with E-state index in [0.717, 1.165) is 0 Å². The lowest BCUT2D eigenvalue weighted by Gasteiger charge is -2.07. The van der Waals surface area contributed by atoms with Gasteiger partial charge in [0.25, 0.3) is 0 Å². The van der Waals surface area contributed by atoms with Gasteiger partial charge < -0.3 is 15.4 Å². The highest BCUT2D eigenvalue weighted by atomic mass is 32.2. The summed E-state index contributed by atoms with van der Waals surface area (Å²) in [6.07, 6.45) is 0. The van der Waals surface area contributed by atoms with Crippen molar-refractivity contribution >= 4 is 40.2 Å². The van der Waals surface area contributed by atoms with Gasteiger partial charge in [0.05, 0.1) is 4.90 Å². The molecule has 0 saturated heterocycles. The second-order valence-corrected chi connectivity index (χ2v) is 4.81. The fourth-order valence-corrected chi connectivity index (χ4v) is 2.30. The Morgan fingerprint density at radius 1 is 1.25 bits per heavy atom. The Morgan fingerprint density at radius 3 is 2.56 bits per heavy atom. The summed E-state index contributed by atoms with van der Waals surface area (Å²) in [6.45, 7) is 0. The molecule has 4 N–H and O–H groups in total. The third-order valence-electron chi connectivity index (χ3n) is 2.22. The highest BCUT2D eigenvalue weighted by Crippen LogP contribution is 2.34. The van der Waals surface area contributed by atoms with E-state index in [4.69, 9.17) is 10.3 Å². The zero-order valence-electron chi connectivity index (χ0n) is 8.04.